The van der Waals surface area contributed by atoms with Crippen LogP contribution < -0.4 is 10.6 Å². The van der Waals surface area contributed by atoms with Crippen molar-refractivity contribution in [2.45, 2.75) is 31.6 Å². The van der Waals surface area contributed by atoms with Crippen molar-refractivity contribution < 1.29 is 27.5 Å². The zero-order valence-corrected chi connectivity index (χ0v) is 15.1. The predicted molar refractivity (Wildman–Crippen MR) is 92.8 cm³/mol. The summed E-state index contributed by atoms with van der Waals surface area (Å²) in [6.45, 7) is 1.98. The number of methoxy groups -OCH3 is 1. The van der Waals surface area contributed by atoms with Crippen LogP contribution in [0.3, 0.4) is 0 Å². The molecule has 2 N–H and O–H groups in total. The number of ether oxygens (including phenoxy) is 1. The molecule has 6 nitrogen and oxygen atoms in total. The van der Waals surface area contributed by atoms with Gasteiger partial charge in [-0.05, 0) is 18.1 Å². The van der Waals surface area contributed by atoms with E-state index in [0.717, 1.165) is 12.1 Å². The molecular weight excluding hydrogens is 363 g/mol. The largest absolute Gasteiger partial charge is 0.416 e. The number of halogens is 3. The lowest BCUT2D eigenvalue weighted by Crippen LogP contribution is -2.56. The molecule has 9 heteroatoms. The third kappa shape index (κ3) is 6.51. The fourth-order valence-corrected chi connectivity index (χ4v) is 2.95. The maximum absolute atomic E-state index is 12.9. The SMILES string of the molecule is COCCCNC(=O)C[C@@H]1C(=O)NCCN1Cc1cccc(C(F)(F)F)c1. The van der Waals surface area contributed by atoms with Crippen LogP contribution in [-0.4, -0.2) is 56.1 Å². The van der Waals surface area contributed by atoms with E-state index in [1.165, 1.54) is 6.07 Å². The second-order valence-corrected chi connectivity index (χ2v) is 6.38. The van der Waals surface area contributed by atoms with Crippen LogP contribution in [0.15, 0.2) is 24.3 Å². The molecule has 1 saturated heterocycles. The highest BCUT2D eigenvalue weighted by Crippen LogP contribution is 2.30. The normalized spacial score (nSPS) is 18.2. The van der Waals surface area contributed by atoms with Gasteiger partial charge in [-0.3, -0.25) is 14.5 Å². The van der Waals surface area contributed by atoms with Gasteiger partial charge < -0.3 is 15.4 Å². The third-order valence-corrected chi connectivity index (χ3v) is 4.31. The second-order valence-electron chi connectivity index (χ2n) is 6.38. The van der Waals surface area contributed by atoms with Crippen molar-refractivity contribution in [3.63, 3.8) is 0 Å². The first-order chi connectivity index (χ1) is 12.8. The minimum atomic E-state index is -4.42. The number of hydrogen-bond donors (Lipinski definition) is 2. The molecule has 0 saturated carbocycles. The Bertz CT molecular complexity index is 652. The number of nitrogens with zero attached hydrogens (tertiary/aromatic N) is 1. The van der Waals surface area contributed by atoms with Crippen LogP contribution in [0.2, 0.25) is 0 Å². The van der Waals surface area contributed by atoms with Crippen molar-refractivity contribution in [1.29, 1.82) is 0 Å². The standard InChI is InChI=1S/C18H24F3N3O3/c1-27-9-3-6-22-16(25)11-15-17(26)23-7-8-24(15)12-13-4-2-5-14(10-13)18(19,20)21/h2,4-5,10,15H,3,6-9,11-12H2,1H3,(H,22,25)(H,23,26)/t15-/m1/s1. The Balaban J connectivity index is 2.01. The molecule has 1 heterocycles. The molecule has 1 aromatic carbocycles. The number of carbonyl (C=O) groups is 2. The monoisotopic (exact) mass is 387 g/mol. The molecule has 2 amide bonds. The Hall–Kier alpha value is -2.13. The molecule has 150 valence electrons. The summed E-state index contributed by atoms with van der Waals surface area (Å²) >= 11 is 0. The van der Waals surface area contributed by atoms with Gasteiger partial charge in [0.05, 0.1) is 18.0 Å². The van der Waals surface area contributed by atoms with Crippen molar-refractivity contribution in [2.24, 2.45) is 0 Å². The van der Waals surface area contributed by atoms with Gasteiger partial charge in [0, 0.05) is 39.9 Å². The van der Waals surface area contributed by atoms with E-state index in [1.54, 1.807) is 18.1 Å². The van der Waals surface area contributed by atoms with Crippen LogP contribution >= 0.6 is 0 Å². The lowest BCUT2D eigenvalue weighted by molar-refractivity contribution is -0.137. The van der Waals surface area contributed by atoms with Gasteiger partial charge in [-0.2, -0.15) is 13.2 Å². The van der Waals surface area contributed by atoms with E-state index in [-0.39, 0.29) is 24.8 Å². The number of rotatable bonds is 8. The lowest BCUT2D eigenvalue weighted by atomic mass is 10.0. The maximum atomic E-state index is 12.9. The third-order valence-electron chi connectivity index (χ3n) is 4.31. The van der Waals surface area contributed by atoms with Gasteiger partial charge in [0.15, 0.2) is 0 Å². The molecular formula is C18H24F3N3O3. The number of hydrogen-bond acceptors (Lipinski definition) is 4. The number of carbonyl (C=O) groups excluding carboxylic acids is 2. The highest BCUT2D eigenvalue weighted by atomic mass is 19.4. The van der Waals surface area contributed by atoms with Crippen molar-refractivity contribution in [3.05, 3.63) is 35.4 Å². The van der Waals surface area contributed by atoms with E-state index >= 15 is 0 Å². The molecule has 0 bridgehead atoms. The fourth-order valence-electron chi connectivity index (χ4n) is 2.95. The highest BCUT2D eigenvalue weighted by Gasteiger charge is 2.33. The highest BCUT2D eigenvalue weighted by molar-refractivity contribution is 5.88. The Morgan fingerprint density at radius 1 is 1.41 bits per heavy atom. The van der Waals surface area contributed by atoms with Gasteiger partial charge in [0.25, 0.3) is 0 Å². The summed E-state index contributed by atoms with van der Waals surface area (Å²) in [5, 5.41) is 5.43. The van der Waals surface area contributed by atoms with E-state index in [2.05, 4.69) is 10.6 Å². The summed E-state index contributed by atoms with van der Waals surface area (Å²) in [4.78, 5) is 26.0. The molecule has 0 unspecified atom stereocenters. The first kappa shape index (κ1) is 21.2. The predicted octanol–water partition coefficient (Wildman–Crippen LogP) is 1.55. The van der Waals surface area contributed by atoms with Crippen LogP contribution in [0.1, 0.15) is 24.0 Å². The molecule has 0 aliphatic carbocycles. The Morgan fingerprint density at radius 3 is 2.89 bits per heavy atom. The minimum Gasteiger partial charge on any atom is -0.385 e. The maximum Gasteiger partial charge on any atom is 0.416 e. The number of alkyl halides is 3. The van der Waals surface area contributed by atoms with Gasteiger partial charge in [0.1, 0.15) is 0 Å². The summed E-state index contributed by atoms with van der Waals surface area (Å²) in [5.74, 6) is -0.567. The zero-order valence-electron chi connectivity index (χ0n) is 15.1. The summed E-state index contributed by atoms with van der Waals surface area (Å²) in [5.41, 5.74) is -0.279. The number of nitrogens with one attached hydrogen (secondary N) is 2. The van der Waals surface area contributed by atoms with Crippen LogP contribution in [0.4, 0.5) is 13.2 Å². The molecule has 2 rings (SSSR count). The summed E-state index contributed by atoms with van der Waals surface area (Å²) in [6.07, 6.45) is -3.80. The van der Waals surface area contributed by atoms with E-state index in [4.69, 9.17) is 4.74 Å². The van der Waals surface area contributed by atoms with Crippen LogP contribution in [-0.2, 0) is 27.0 Å². The van der Waals surface area contributed by atoms with Crippen LogP contribution in [0, 0.1) is 0 Å². The molecule has 0 aromatic heterocycles. The molecule has 0 radical (unpaired) electrons. The molecule has 27 heavy (non-hydrogen) atoms. The summed E-state index contributed by atoms with van der Waals surface area (Å²) in [6, 6.07) is 4.31. The van der Waals surface area contributed by atoms with E-state index in [0.29, 0.717) is 38.2 Å². The molecule has 1 fully saturated rings. The van der Waals surface area contributed by atoms with Gasteiger partial charge >= 0.3 is 6.18 Å². The second kappa shape index (κ2) is 9.70. The number of benzene rings is 1. The Kier molecular flexibility index (Phi) is 7.61. The number of amides is 2. The first-order valence-electron chi connectivity index (χ1n) is 8.75. The van der Waals surface area contributed by atoms with Gasteiger partial charge in [-0.15, -0.1) is 0 Å². The van der Waals surface area contributed by atoms with Crippen molar-refractivity contribution in [2.75, 3.05) is 33.4 Å². The van der Waals surface area contributed by atoms with Crippen LogP contribution in [0.25, 0.3) is 0 Å². The van der Waals surface area contributed by atoms with E-state index < -0.39 is 17.8 Å². The van der Waals surface area contributed by atoms with Gasteiger partial charge in [0.2, 0.25) is 11.8 Å². The topological polar surface area (TPSA) is 70.7 Å². The molecule has 1 aromatic rings. The van der Waals surface area contributed by atoms with E-state index in [1.807, 2.05) is 0 Å². The average molecular weight is 387 g/mol. The first-order valence-corrected chi connectivity index (χ1v) is 8.75. The Morgan fingerprint density at radius 2 is 2.19 bits per heavy atom. The van der Waals surface area contributed by atoms with Crippen molar-refractivity contribution in [3.8, 4) is 0 Å². The van der Waals surface area contributed by atoms with E-state index in [9.17, 15) is 22.8 Å². The molecule has 1 aliphatic rings. The van der Waals surface area contributed by atoms with Crippen LogP contribution in [0.5, 0.6) is 0 Å². The molecule has 1 aliphatic heterocycles. The average Bonchev–Trinajstić information content (AvgIpc) is 2.61. The minimum absolute atomic E-state index is 0.0439. The molecule has 0 spiro atoms. The number of piperazine rings is 1. The lowest BCUT2D eigenvalue weighted by Gasteiger charge is -2.34. The van der Waals surface area contributed by atoms with Gasteiger partial charge in [-0.1, -0.05) is 18.2 Å². The Labute approximate surface area is 156 Å². The summed E-state index contributed by atoms with van der Waals surface area (Å²) in [7, 11) is 1.57. The smallest absolute Gasteiger partial charge is 0.385 e. The van der Waals surface area contributed by atoms with Gasteiger partial charge in [-0.25, -0.2) is 0 Å². The fraction of sp³-hybridized carbons (Fsp3) is 0.556. The summed E-state index contributed by atoms with van der Waals surface area (Å²) < 4.78 is 43.6. The quantitative estimate of drug-likeness (QED) is 0.664. The zero-order chi connectivity index (χ0) is 19.9. The van der Waals surface area contributed by atoms with Crippen molar-refractivity contribution >= 4 is 11.8 Å². The molecule has 1 atom stereocenters. The van der Waals surface area contributed by atoms with Crippen molar-refractivity contribution in [1.82, 2.24) is 15.5 Å².